The molecule has 0 rings (SSSR count). The van der Waals surface area contributed by atoms with Gasteiger partial charge >= 0.3 is 12.0 Å². The van der Waals surface area contributed by atoms with Crippen LogP contribution in [0.2, 0.25) is 0 Å². The van der Waals surface area contributed by atoms with Gasteiger partial charge in [0, 0.05) is 12.8 Å². The minimum Gasteiger partial charge on any atom is -0.480 e. The van der Waals surface area contributed by atoms with Crippen LogP contribution in [-0.2, 0) is 14.6 Å². The maximum Gasteiger partial charge on any atom is 0.326 e. The molecule has 0 fully saturated rings. The highest BCUT2D eigenvalue weighted by molar-refractivity contribution is 7.90. The standard InChI is InChI=1S/C11H22N2O5S/c1-8(2)7-9(10(14)15)13-11(16)12-5-4-6-19(3,17)18/h8-9H,4-7H2,1-3H3,(H,14,15)(H2,12,13,16). The Labute approximate surface area is 113 Å². The van der Waals surface area contributed by atoms with Gasteiger partial charge in [0.2, 0.25) is 0 Å². The zero-order valence-electron chi connectivity index (χ0n) is 11.5. The number of carboxylic acids is 1. The molecule has 0 saturated heterocycles. The van der Waals surface area contributed by atoms with Crippen LogP contribution in [0.1, 0.15) is 26.7 Å². The molecular weight excluding hydrogens is 272 g/mol. The van der Waals surface area contributed by atoms with E-state index >= 15 is 0 Å². The Bertz CT molecular complexity index is 405. The van der Waals surface area contributed by atoms with Gasteiger partial charge in [-0.15, -0.1) is 0 Å². The van der Waals surface area contributed by atoms with Gasteiger partial charge in [0.15, 0.2) is 0 Å². The molecule has 1 atom stereocenters. The molecule has 0 aromatic carbocycles. The molecule has 0 aromatic rings. The average Bonchev–Trinajstić information content (AvgIpc) is 2.21. The van der Waals surface area contributed by atoms with Crippen molar-refractivity contribution in [3.8, 4) is 0 Å². The van der Waals surface area contributed by atoms with Crippen molar-refractivity contribution in [2.45, 2.75) is 32.7 Å². The predicted octanol–water partition coefficient (Wildman–Crippen LogP) is 0.220. The summed E-state index contributed by atoms with van der Waals surface area (Å²) in [5.74, 6) is -0.951. The maximum atomic E-state index is 11.4. The second-order valence-corrected chi connectivity index (χ2v) is 7.16. The van der Waals surface area contributed by atoms with E-state index in [1.807, 2.05) is 13.8 Å². The summed E-state index contributed by atoms with van der Waals surface area (Å²) < 4.78 is 21.7. The van der Waals surface area contributed by atoms with Crippen LogP contribution in [0.4, 0.5) is 4.79 Å². The third-order valence-corrected chi connectivity index (χ3v) is 3.32. The monoisotopic (exact) mass is 294 g/mol. The van der Waals surface area contributed by atoms with Gasteiger partial charge in [0.1, 0.15) is 15.9 Å². The molecular formula is C11H22N2O5S. The van der Waals surface area contributed by atoms with Gasteiger partial charge in [-0.25, -0.2) is 18.0 Å². The molecule has 0 heterocycles. The summed E-state index contributed by atoms with van der Waals surface area (Å²) in [5.41, 5.74) is 0. The van der Waals surface area contributed by atoms with E-state index in [9.17, 15) is 18.0 Å². The number of carbonyl (C=O) groups is 2. The zero-order valence-corrected chi connectivity index (χ0v) is 12.3. The molecule has 7 nitrogen and oxygen atoms in total. The van der Waals surface area contributed by atoms with Crippen molar-refractivity contribution in [1.29, 1.82) is 0 Å². The number of hydrogen-bond acceptors (Lipinski definition) is 4. The summed E-state index contributed by atoms with van der Waals surface area (Å²) >= 11 is 0. The first-order valence-electron chi connectivity index (χ1n) is 6.06. The van der Waals surface area contributed by atoms with Crippen LogP contribution in [0.15, 0.2) is 0 Å². The van der Waals surface area contributed by atoms with E-state index in [4.69, 9.17) is 5.11 Å². The summed E-state index contributed by atoms with van der Waals surface area (Å²) in [6, 6.07) is -1.53. The molecule has 1 unspecified atom stereocenters. The number of carboxylic acid groups (broad SMARTS) is 1. The lowest BCUT2D eigenvalue weighted by atomic mass is 10.0. The van der Waals surface area contributed by atoms with Crippen molar-refractivity contribution in [3.63, 3.8) is 0 Å². The molecule has 0 radical (unpaired) electrons. The van der Waals surface area contributed by atoms with Crippen LogP contribution < -0.4 is 10.6 Å². The Morgan fingerprint density at radius 2 is 1.84 bits per heavy atom. The lowest BCUT2D eigenvalue weighted by Crippen LogP contribution is -2.46. The van der Waals surface area contributed by atoms with Gasteiger partial charge in [-0.05, 0) is 18.8 Å². The number of hydrogen-bond donors (Lipinski definition) is 3. The number of nitrogens with one attached hydrogen (secondary N) is 2. The summed E-state index contributed by atoms with van der Waals surface area (Å²) in [6.45, 7) is 3.91. The maximum absolute atomic E-state index is 11.4. The second kappa shape index (κ2) is 7.98. The van der Waals surface area contributed by atoms with Crippen LogP contribution in [-0.4, -0.2) is 50.1 Å². The van der Waals surface area contributed by atoms with Crippen LogP contribution in [0, 0.1) is 5.92 Å². The first-order chi connectivity index (χ1) is 8.61. The minimum atomic E-state index is -3.04. The average molecular weight is 294 g/mol. The second-order valence-electron chi connectivity index (χ2n) is 4.90. The van der Waals surface area contributed by atoms with Crippen molar-refractivity contribution in [3.05, 3.63) is 0 Å². The number of sulfone groups is 1. The van der Waals surface area contributed by atoms with E-state index in [0.29, 0.717) is 12.8 Å². The molecule has 0 aliphatic heterocycles. The lowest BCUT2D eigenvalue weighted by Gasteiger charge is -2.16. The van der Waals surface area contributed by atoms with Gasteiger partial charge in [0.05, 0.1) is 5.75 Å². The topological polar surface area (TPSA) is 113 Å². The fourth-order valence-electron chi connectivity index (χ4n) is 1.44. The van der Waals surface area contributed by atoms with Crippen molar-refractivity contribution >= 4 is 21.8 Å². The SMILES string of the molecule is CC(C)CC(NC(=O)NCCCS(C)(=O)=O)C(=O)O. The van der Waals surface area contributed by atoms with E-state index < -0.39 is 27.9 Å². The molecule has 0 aliphatic rings. The number of aliphatic carboxylic acids is 1. The van der Waals surface area contributed by atoms with Crippen molar-refractivity contribution in [1.82, 2.24) is 10.6 Å². The molecule has 8 heteroatoms. The molecule has 0 bridgehead atoms. The Hall–Kier alpha value is -1.31. The molecule has 0 aromatic heterocycles. The number of carbonyl (C=O) groups excluding carboxylic acids is 1. The highest BCUT2D eigenvalue weighted by Gasteiger charge is 2.20. The van der Waals surface area contributed by atoms with Gasteiger partial charge in [0.25, 0.3) is 0 Å². The Morgan fingerprint density at radius 1 is 1.26 bits per heavy atom. The fourth-order valence-corrected chi connectivity index (χ4v) is 2.11. The van der Waals surface area contributed by atoms with Gasteiger partial charge in [-0.1, -0.05) is 13.8 Å². The molecule has 2 amide bonds. The zero-order chi connectivity index (χ0) is 15.1. The quantitative estimate of drug-likeness (QED) is 0.554. The lowest BCUT2D eigenvalue weighted by molar-refractivity contribution is -0.139. The van der Waals surface area contributed by atoms with E-state index in [1.165, 1.54) is 0 Å². The van der Waals surface area contributed by atoms with E-state index in [-0.39, 0.29) is 18.2 Å². The third-order valence-electron chi connectivity index (χ3n) is 2.29. The molecule has 19 heavy (non-hydrogen) atoms. The highest BCUT2D eigenvalue weighted by atomic mass is 32.2. The smallest absolute Gasteiger partial charge is 0.326 e. The Kier molecular flexibility index (Phi) is 7.43. The molecule has 112 valence electrons. The third kappa shape index (κ3) is 10.3. The molecule has 0 aliphatic carbocycles. The van der Waals surface area contributed by atoms with Crippen molar-refractivity contribution in [2.24, 2.45) is 5.92 Å². The number of amides is 2. The largest absolute Gasteiger partial charge is 0.480 e. The molecule has 3 N–H and O–H groups in total. The molecule has 0 saturated carbocycles. The first-order valence-corrected chi connectivity index (χ1v) is 8.12. The van der Waals surface area contributed by atoms with Crippen LogP contribution in [0.3, 0.4) is 0 Å². The van der Waals surface area contributed by atoms with E-state index in [1.54, 1.807) is 0 Å². The summed E-state index contributed by atoms with van der Waals surface area (Å²) in [4.78, 5) is 22.3. The van der Waals surface area contributed by atoms with Crippen LogP contribution >= 0.6 is 0 Å². The summed E-state index contributed by atoms with van der Waals surface area (Å²) in [7, 11) is -3.04. The number of rotatable bonds is 8. The van der Waals surface area contributed by atoms with Gasteiger partial charge in [-0.3, -0.25) is 0 Å². The fraction of sp³-hybridized carbons (Fsp3) is 0.818. The highest BCUT2D eigenvalue weighted by Crippen LogP contribution is 2.04. The van der Waals surface area contributed by atoms with Crippen LogP contribution in [0.25, 0.3) is 0 Å². The minimum absolute atomic E-state index is 0.0123. The Balaban J connectivity index is 4.04. The summed E-state index contributed by atoms with van der Waals surface area (Å²) in [6.07, 6.45) is 1.76. The Morgan fingerprint density at radius 3 is 2.26 bits per heavy atom. The van der Waals surface area contributed by atoms with Crippen molar-refractivity contribution < 1.29 is 23.1 Å². The summed E-state index contributed by atoms with van der Waals surface area (Å²) in [5, 5.41) is 13.7. The van der Waals surface area contributed by atoms with E-state index in [0.717, 1.165) is 6.26 Å². The number of urea groups is 1. The predicted molar refractivity (Wildman–Crippen MR) is 71.7 cm³/mol. The van der Waals surface area contributed by atoms with Gasteiger partial charge in [-0.2, -0.15) is 0 Å². The normalized spacial score (nSPS) is 13.1. The van der Waals surface area contributed by atoms with E-state index in [2.05, 4.69) is 10.6 Å². The van der Waals surface area contributed by atoms with Crippen molar-refractivity contribution in [2.75, 3.05) is 18.6 Å². The van der Waals surface area contributed by atoms with Crippen LogP contribution in [0.5, 0.6) is 0 Å². The molecule has 0 spiro atoms. The van der Waals surface area contributed by atoms with Gasteiger partial charge < -0.3 is 15.7 Å². The first kappa shape index (κ1) is 17.7.